The molecule has 27 heavy (non-hydrogen) atoms. The van der Waals surface area contributed by atoms with Crippen LogP contribution in [0.5, 0.6) is 0 Å². The molecule has 4 rings (SSSR count). The summed E-state index contributed by atoms with van der Waals surface area (Å²) in [5, 5.41) is 0. The van der Waals surface area contributed by atoms with E-state index < -0.39 is 0 Å². The molecule has 0 radical (unpaired) electrons. The van der Waals surface area contributed by atoms with Gasteiger partial charge >= 0.3 is 0 Å². The van der Waals surface area contributed by atoms with E-state index >= 15 is 0 Å². The summed E-state index contributed by atoms with van der Waals surface area (Å²) in [6, 6.07) is 16.4. The monoisotopic (exact) mass is 380 g/mol. The zero-order valence-electron chi connectivity index (χ0n) is 15.6. The first-order valence-electron chi connectivity index (χ1n) is 9.45. The third-order valence-corrected chi connectivity index (χ3v) is 6.07. The molecule has 1 aliphatic heterocycles. The first kappa shape index (κ1) is 18.1. The summed E-state index contributed by atoms with van der Waals surface area (Å²) in [4.78, 5) is 19.1. The van der Waals surface area contributed by atoms with E-state index in [0.717, 1.165) is 48.7 Å². The van der Waals surface area contributed by atoms with Gasteiger partial charge in [-0.25, -0.2) is 4.98 Å². The van der Waals surface area contributed by atoms with Crippen molar-refractivity contribution in [3.05, 3.63) is 65.5 Å². The van der Waals surface area contributed by atoms with Crippen LogP contribution in [-0.2, 0) is 10.5 Å². The Morgan fingerprint density at radius 2 is 2.00 bits per heavy atom. The molecule has 2 aromatic carbocycles. The summed E-state index contributed by atoms with van der Waals surface area (Å²) < 4.78 is 5.91. The Kier molecular flexibility index (Phi) is 5.48. The Hall–Kier alpha value is -2.27. The Balaban J connectivity index is 1.26. The van der Waals surface area contributed by atoms with Crippen molar-refractivity contribution in [3.8, 4) is 0 Å². The Morgan fingerprint density at radius 1 is 1.19 bits per heavy atom. The molecule has 0 aliphatic carbocycles. The van der Waals surface area contributed by atoms with Crippen LogP contribution in [0.3, 0.4) is 0 Å². The van der Waals surface area contributed by atoms with Gasteiger partial charge in [0.1, 0.15) is 5.52 Å². The molecule has 5 heteroatoms. The smallest absolute Gasteiger partial charge is 0.232 e. The van der Waals surface area contributed by atoms with E-state index in [-0.39, 0.29) is 5.91 Å². The van der Waals surface area contributed by atoms with Gasteiger partial charge in [0, 0.05) is 24.8 Å². The number of likely N-dealkylation sites (tertiary alicyclic amines) is 1. The van der Waals surface area contributed by atoms with Crippen LogP contribution >= 0.6 is 11.8 Å². The predicted octanol–water partition coefficient (Wildman–Crippen LogP) is 4.78. The van der Waals surface area contributed by atoms with Crippen LogP contribution in [0.25, 0.3) is 11.1 Å². The molecule has 1 aromatic heterocycles. The molecular formula is C22H24N2O2S. The number of benzene rings is 2. The maximum absolute atomic E-state index is 12.5. The molecule has 4 nitrogen and oxygen atoms in total. The lowest BCUT2D eigenvalue weighted by Gasteiger charge is -2.30. The van der Waals surface area contributed by atoms with E-state index in [2.05, 4.69) is 36.2 Å². The maximum Gasteiger partial charge on any atom is 0.232 e. The standard InChI is InChI=1S/C22H24N2O2S/c1-16-5-4-6-17(13-16)14-27-15-21(25)24-11-9-18(10-12-24)22-23-19-7-2-3-8-20(19)26-22/h2-8,13,18H,9-12,14-15H2,1H3. The number of amides is 1. The van der Waals surface area contributed by atoms with Gasteiger partial charge in [-0.15, -0.1) is 11.8 Å². The van der Waals surface area contributed by atoms with Crippen molar-refractivity contribution in [2.24, 2.45) is 0 Å². The van der Waals surface area contributed by atoms with Crippen LogP contribution in [0.15, 0.2) is 52.9 Å². The second-order valence-electron chi connectivity index (χ2n) is 7.16. The zero-order valence-corrected chi connectivity index (χ0v) is 16.4. The zero-order chi connectivity index (χ0) is 18.6. The van der Waals surface area contributed by atoms with E-state index in [0.29, 0.717) is 11.7 Å². The van der Waals surface area contributed by atoms with Gasteiger partial charge in [-0.1, -0.05) is 42.0 Å². The summed E-state index contributed by atoms with van der Waals surface area (Å²) in [5.41, 5.74) is 4.31. The van der Waals surface area contributed by atoms with Gasteiger partial charge in [-0.2, -0.15) is 0 Å². The normalized spacial score (nSPS) is 15.4. The molecule has 0 unspecified atom stereocenters. The van der Waals surface area contributed by atoms with Crippen LogP contribution in [0.4, 0.5) is 0 Å². The van der Waals surface area contributed by atoms with Crippen LogP contribution in [0.1, 0.15) is 35.8 Å². The van der Waals surface area contributed by atoms with Crippen molar-refractivity contribution >= 4 is 28.8 Å². The number of piperidine rings is 1. The number of aromatic nitrogens is 1. The van der Waals surface area contributed by atoms with Crippen molar-refractivity contribution < 1.29 is 9.21 Å². The largest absolute Gasteiger partial charge is 0.440 e. The van der Waals surface area contributed by atoms with Gasteiger partial charge in [0.2, 0.25) is 5.91 Å². The van der Waals surface area contributed by atoms with Gasteiger partial charge in [-0.3, -0.25) is 4.79 Å². The van der Waals surface area contributed by atoms with Crippen LogP contribution in [-0.4, -0.2) is 34.6 Å². The van der Waals surface area contributed by atoms with Crippen LogP contribution in [0.2, 0.25) is 0 Å². The fourth-order valence-corrected chi connectivity index (χ4v) is 4.46. The third-order valence-electron chi connectivity index (χ3n) is 5.08. The van der Waals surface area contributed by atoms with E-state index in [4.69, 9.17) is 4.42 Å². The molecule has 0 atom stereocenters. The summed E-state index contributed by atoms with van der Waals surface area (Å²) in [6.45, 7) is 3.67. The van der Waals surface area contributed by atoms with E-state index in [1.807, 2.05) is 29.2 Å². The fourth-order valence-electron chi connectivity index (χ4n) is 3.59. The maximum atomic E-state index is 12.5. The molecule has 0 bridgehead atoms. The number of fused-ring (bicyclic) bond motifs is 1. The lowest BCUT2D eigenvalue weighted by Crippen LogP contribution is -2.39. The highest BCUT2D eigenvalue weighted by atomic mass is 32.2. The van der Waals surface area contributed by atoms with Crippen molar-refractivity contribution in [1.82, 2.24) is 9.88 Å². The van der Waals surface area contributed by atoms with Gasteiger partial charge in [0.05, 0.1) is 5.75 Å². The Morgan fingerprint density at radius 3 is 2.78 bits per heavy atom. The fraction of sp³-hybridized carbons (Fsp3) is 0.364. The van der Waals surface area contributed by atoms with Crippen molar-refractivity contribution in [2.75, 3.05) is 18.8 Å². The minimum atomic E-state index is 0.240. The number of hydrogen-bond donors (Lipinski definition) is 0. The van der Waals surface area contributed by atoms with Crippen molar-refractivity contribution in [1.29, 1.82) is 0 Å². The molecule has 1 aliphatic rings. The second-order valence-corrected chi connectivity index (χ2v) is 8.14. The number of thioether (sulfide) groups is 1. The first-order chi connectivity index (χ1) is 13.2. The van der Waals surface area contributed by atoms with Gasteiger partial charge in [0.25, 0.3) is 0 Å². The number of oxazole rings is 1. The minimum Gasteiger partial charge on any atom is -0.440 e. The summed E-state index contributed by atoms with van der Waals surface area (Å²) >= 11 is 1.69. The molecule has 3 aromatic rings. The molecular weight excluding hydrogens is 356 g/mol. The predicted molar refractivity (Wildman–Crippen MR) is 110 cm³/mol. The SMILES string of the molecule is Cc1cccc(CSCC(=O)N2CCC(c3nc4ccccc4o3)CC2)c1. The minimum absolute atomic E-state index is 0.240. The Labute approximate surface area is 164 Å². The number of aryl methyl sites for hydroxylation is 1. The number of nitrogens with zero attached hydrogens (tertiary/aromatic N) is 2. The van der Waals surface area contributed by atoms with Gasteiger partial charge in [-0.05, 0) is 37.5 Å². The highest BCUT2D eigenvalue weighted by Crippen LogP contribution is 2.30. The van der Waals surface area contributed by atoms with Gasteiger partial charge < -0.3 is 9.32 Å². The average molecular weight is 381 g/mol. The van der Waals surface area contributed by atoms with Crippen LogP contribution < -0.4 is 0 Å². The summed E-state index contributed by atoms with van der Waals surface area (Å²) in [6.07, 6.45) is 1.84. The first-order valence-corrected chi connectivity index (χ1v) is 10.6. The molecule has 0 spiro atoms. The molecule has 0 saturated carbocycles. The average Bonchev–Trinajstić information content (AvgIpc) is 3.12. The van der Waals surface area contributed by atoms with Crippen molar-refractivity contribution in [2.45, 2.75) is 31.4 Å². The molecule has 1 saturated heterocycles. The lowest BCUT2D eigenvalue weighted by molar-refractivity contribution is -0.129. The summed E-state index contributed by atoms with van der Waals surface area (Å²) in [5.74, 6) is 2.79. The lowest BCUT2D eigenvalue weighted by atomic mass is 9.97. The topological polar surface area (TPSA) is 46.3 Å². The van der Waals surface area contributed by atoms with E-state index in [1.165, 1.54) is 11.1 Å². The number of rotatable bonds is 5. The highest BCUT2D eigenvalue weighted by molar-refractivity contribution is 7.99. The second kappa shape index (κ2) is 8.17. The van der Waals surface area contributed by atoms with E-state index in [1.54, 1.807) is 11.8 Å². The molecule has 140 valence electrons. The third kappa shape index (κ3) is 4.35. The molecule has 1 amide bonds. The number of hydrogen-bond acceptors (Lipinski definition) is 4. The number of carbonyl (C=O) groups excluding carboxylic acids is 1. The van der Waals surface area contributed by atoms with E-state index in [9.17, 15) is 4.79 Å². The molecule has 2 heterocycles. The molecule has 1 fully saturated rings. The highest BCUT2D eigenvalue weighted by Gasteiger charge is 2.26. The quantitative estimate of drug-likeness (QED) is 0.639. The van der Waals surface area contributed by atoms with Crippen LogP contribution in [0, 0.1) is 6.92 Å². The van der Waals surface area contributed by atoms with Crippen molar-refractivity contribution in [3.63, 3.8) is 0 Å². The Bertz CT molecular complexity index is 896. The number of para-hydroxylation sites is 2. The molecule has 0 N–H and O–H groups in total. The number of carbonyl (C=O) groups is 1. The van der Waals surface area contributed by atoms with Gasteiger partial charge in [0.15, 0.2) is 11.5 Å². The summed E-state index contributed by atoms with van der Waals surface area (Å²) in [7, 11) is 0.